The molecule has 1 aromatic rings. The van der Waals surface area contributed by atoms with E-state index in [4.69, 9.17) is 5.73 Å². The zero-order chi connectivity index (χ0) is 9.10. The first-order chi connectivity index (χ1) is 6.40. The van der Waals surface area contributed by atoms with E-state index < -0.39 is 0 Å². The van der Waals surface area contributed by atoms with E-state index in [1.54, 1.807) is 0 Å². The molecular weight excluding hydrogens is 164 g/mol. The smallest absolute Gasteiger partial charge is 0.0857 e. The second kappa shape index (κ2) is 3.87. The van der Waals surface area contributed by atoms with Gasteiger partial charge in [0.05, 0.1) is 5.69 Å². The van der Waals surface area contributed by atoms with E-state index in [2.05, 4.69) is 16.5 Å². The summed E-state index contributed by atoms with van der Waals surface area (Å²) in [4.78, 5) is 0. The van der Waals surface area contributed by atoms with Gasteiger partial charge in [-0.3, -0.25) is 4.68 Å². The van der Waals surface area contributed by atoms with Gasteiger partial charge >= 0.3 is 0 Å². The van der Waals surface area contributed by atoms with Crippen LogP contribution in [0.4, 0.5) is 0 Å². The minimum Gasteiger partial charge on any atom is -0.330 e. The van der Waals surface area contributed by atoms with Gasteiger partial charge < -0.3 is 5.73 Å². The standard InChI is InChI=1S/C9H16N4/c10-5-2-6-13-7-9(11-12-13)8-3-1-4-8/h7-8H,1-6,10H2. The quantitative estimate of drug-likeness (QED) is 0.748. The number of aromatic nitrogens is 3. The van der Waals surface area contributed by atoms with Gasteiger partial charge in [-0.05, 0) is 25.8 Å². The molecule has 1 fully saturated rings. The van der Waals surface area contributed by atoms with Gasteiger partial charge in [0.15, 0.2) is 0 Å². The van der Waals surface area contributed by atoms with Crippen LogP contribution < -0.4 is 5.73 Å². The summed E-state index contributed by atoms with van der Waals surface area (Å²) in [6.45, 7) is 1.62. The van der Waals surface area contributed by atoms with Crippen molar-refractivity contribution >= 4 is 0 Å². The minimum atomic E-state index is 0.687. The molecule has 0 amide bonds. The Hall–Kier alpha value is -0.900. The summed E-state index contributed by atoms with van der Waals surface area (Å²) in [6.07, 6.45) is 6.97. The lowest BCUT2D eigenvalue weighted by atomic mass is 9.83. The van der Waals surface area contributed by atoms with Crippen LogP contribution in [0.15, 0.2) is 6.20 Å². The number of rotatable bonds is 4. The summed E-state index contributed by atoms with van der Waals surface area (Å²) in [5, 5.41) is 8.23. The largest absolute Gasteiger partial charge is 0.330 e. The molecule has 4 nitrogen and oxygen atoms in total. The maximum absolute atomic E-state index is 5.42. The predicted octanol–water partition coefficient (Wildman–Crippen LogP) is 0.894. The Bertz CT molecular complexity index is 264. The highest BCUT2D eigenvalue weighted by Crippen LogP contribution is 2.34. The maximum Gasteiger partial charge on any atom is 0.0857 e. The number of nitrogens with two attached hydrogens (primary N) is 1. The van der Waals surface area contributed by atoms with Gasteiger partial charge in [-0.25, -0.2) is 0 Å². The lowest BCUT2D eigenvalue weighted by Gasteiger charge is -2.22. The van der Waals surface area contributed by atoms with E-state index in [-0.39, 0.29) is 0 Å². The van der Waals surface area contributed by atoms with E-state index in [9.17, 15) is 0 Å². The molecule has 0 bridgehead atoms. The minimum absolute atomic E-state index is 0.687. The molecule has 1 aliphatic carbocycles. The van der Waals surface area contributed by atoms with Gasteiger partial charge in [0.1, 0.15) is 0 Å². The monoisotopic (exact) mass is 180 g/mol. The highest BCUT2D eigenvalue weighted by molar-refractivity contribution is 5.05. The SMILES string of the molecule is NCCCn1cc(C2CCC2)nn1. The van der Waals surface area contributed by atoms with Crippen molar-refractivity contribution in [1.29, 1.82) is 0 Å². The molecule has 1 aromatic heterocycles. The van der Waals surface area contributed by atoms with Crippen LogP contribution in [0.3, 0.4) is 0 Å². The Balaban J connectivity index is 1.92. The second-order valence-corrected chi connectivity index (χ2v) is 3.68. The van der Waals surface area contributed by atoms with Gasteiger partial charge in [0, 0.05) is 18.7 Å². The Labute approximate surface area is 78.1 Å². The summed E-state index contributed by atoms with van der Waals surface area (Å²) >= 11 is 0. The van der Waals surface area contributed by atoms with Gasteiger partial charge in [0.2, 0.25) is 0 Å². The lowest BCUT2D eigenvalue weighted by molar-refractivity contribution is 0.410. The average molecular weight is 180 g/mol. The Morgan fingerprint density at radius 1 is 1.54 bits per heavy atom. The Kier molecular flexibility index (Phi) is 2.59. The fourth-order valence-electron chi connectivity index (χ4n) is 1.57. The molecular formula is C9H16N4. The predicted molar refractivity (Wildman–Crippen MR) is 50.3 cm³/mol. The summed E-state index contributed by atoms with van der Waals surface area (Å²) in [5.41, 5.74) is 6.59. The van der Waals surface area contributed by atoms with Crippen LogP contribution in [0.2, 0.25) is 0 Å². The average Bonchev–Trinajstić information content (AvgIpc) is 2.46. The topological polar surface area (TPSA) is 56.7 Å². The van der Waals surface area contributed by atoms with E-state index in [0.29, 0.717) is 5.92 Å². The normalized spacial score (nSPS) is 17.3. The van der Waals surface area contributed by atoms with Crippen molar-refractivity contribution < 1.29 is 0 Å². The third-order valence-electron chi connectivity index (χ3n) is 2.67. The summed E-state index contributed by atoms with van der Waals surface area (Å²) in [5.74, 6) is 0.687. The van der Waals surface area contributed by atoms with Crippen molar-refractivity contribution in [1.82, 2.24) is 15.0 Å². The zero-order valence-electron chi connectivity index (χ0n) is 7.82. The van der Waals surface area contributed by atoms with Gasteiger partial charge in [0.25, 0.3) is 0 Å². The highest BCUT2D eigenvalue weighted by Gasteiger charge is 2.22. The molecule has 4 heteroatoms. The molecule has 0 radical (unpaired) electrons. The highest BCUT2D eigenvalue weighted by atomic mass is 15.4. The van der Waals surface area contributed by atoms with Crippen molar-refractivity contribution in [2.75, 3.05) is 6.54 Å². The molecule has 0 aromatic carbocycles. The maximum atomic E-state index is 5.42. The van der Waals surface area contributed by atoms with Gasteiger partial charge in [-0.2, -0.15) is 0 Å². The Morgan fingerprint density at radius 2 is 2.38 bits per heavy atom. The van der Waals surface area contributed by atoms with Crippen molar-refractivity contribution in [2.24, 2.45) is 5.73 Å². The summed E-state index contributed by atoms with van der Waals surface area (Å²) < 4.78 is 1.90. The van der Waals surface area contributed by atoms with E-state index in [1.165, 1.54) is 25.0 Å². The van der Waals surface area contributed by atoms with E-state index in [1.807, 2.05) is 4.68 Å². The van der Waals surface area contributed by atoms with Gasteiger partial charge in [-0.1, -0.05) is 11.6 Å². The first kappa shape index (κ1) is 8.69. The first-order valence-corrected chi connectivity index (χ1v) is 5.00. The van der Waals surface area contributed by atoms with Crippen LogP contribution in [0, 0.1) is 0 Å². The first-order valence-electron chi connectivity index (χ1n) is 5.00. The van der Waals surface area contributed by atoms with Crippen LogP contribution >= 0.6 is 0 Å². The van der Waals surface area contributed by atoms with Crippen molar-refractivity contribution in [3.63, 3.8) is 0 Å². The Morgan fingerprint density at radius 3 is 3.00 bits per heavy atom. The number of hydrogen-bond donors (Lipinski definition) is 1. The second-order valence-electron chi connectivity index (χ2n) is 3.68. The van der Waals surface area contributed by atoms with Gasteiger partial charge in [-0.15, -0.1) is 5.10 Å². The number of aryl methyl sites for hydroxylation is 1. The molecule has 0 aliphatic heterocycles. The van der Waals surface area contributed by atoms with Crippen LogP contribution in [-0.4, -0.2) is 21.5 Å². The fraction of sp³-hybridized carbons (Fsp3) is 0.778. The van der Waals surface area contributed by atoms with E-state index >= 15 is 0 Å². The summed E-state index contributed by atoms with van der Waals surface area (Å²) in [7, 11) is 0. The molecule has 13 heavy (non-hydrogen) atoms. The van der Waals surface area contributed by atoms with Crippen molar-refractivity contribution in [2.45, 2.75) is 38.1 Å². The molecule has 1 aliphatic rings. The van der Waals surface area contributed by atoms with Crippen LogP contribution in [0.25, 0.3) is 0 Å². The van der Waals surface area contributed by atoms with Crippen molar-refractivity contribution in [3.05, 3.63) is 11.9 Å². The number of nitrogens with zero attached hydrogens (tertiary/aromatic N) is 3. The third-order valence-corrected chi connectivity index (χ3v) is 2.67. The molecule has 0 saturated heterocycles. The molecule has 0 unspecified atom stereocenters. The zero-order valence-corrected chi connectivity index (χ0v) is 7.82. The molecule has 0 atom stereocenters. The van der Waals surface area contributed by atoms with Crippen LogP contribution in [0.1, 0.15) is 37.3 Å². The van der Waals surface area contributed by atoms with Crippen LogP contribution in [0.5, 0.6) is 0 Å². The molecule has 0 spiro atoms. The molecule has 2 rings (SSSR count). The van der Waals surface area contributed by atoms with Crippen LogP contribution in [-0.2, 0) is 6.54 Å². The van der Waals surface area contributed by atoms with Crippen molar-refractivity contribution in [3.8, 4) is 0 Å². The fourth-order valence-corrected chi connectivity index (χ4v) is 1.57. The third kappa shape index (κ3) is 1.88. The molecule has 1 saturated carbocycles. The molecule has 72 valence electrons. The molecule has 1 heterocycles. The number of hydrogen-bond acceptors (Lipinski definition) is 3. The molecule has 2 N–H and O–H groups in total. The lowest BCUT2D eigenvalue weighted by Crippen LogP contribution is -2.09. The summed E-state index contributed by atoms with van der Waals surface area (Å²) in [6, 6.07) is 0. The van der Waals surface area contributed by atoms with E-state index in [0.717, 1.165) is 19.5 Å².